The van der Waals surface area contributed by atoms with Crippen LogP contribution in [0.4, 0.5) is 0 Å². The Balaban J connectivity index is 2.41. The lowest BCUT2D eigenvalue weighted by Gasteiger charge is -2.35. The number of hydrogen-bond donors (Lipinski definition) is 1. The summed E-state index contributed by atoms with van der Waals surface area (Å²) in [5.74, 6) is 0. The van der Waals surface area contributed by atoms with Crippen LogP contribution in [0.5, 0.6) is 0 Å². The van der Waals surface area contributed by atoms with Gasteiger partial charge in [0.2, 0.25) is 0 Å². The van der Waals surface area contributed by atoms with Gasteiger partial charge in [-0.2, -0.15) is 0 Å². The first-order valence-corrected chi connectivity index (χ1v) is 3.65. The first-order chi connectivity index (χ1) is 4.22. The molecule has 0 aliphatic carbocycles. The Bertz CT molecular complexity index is 82.9. The van der Waals surface area contributed by atoms with E-state index in [2.05, 4.69) is 31.1 Å². The summed E-state index contributed by atoms with van der Waals surface area (Å²) >= 11 is 0. The Morgan fingerprint density at radius 3 is 2.56 bits per heavy atom. The third-order valence-corrected chi connectivity index (χ3v) is 2.35. The molecule has 1 saturated heterocycles. The van der Waals surface area contributed by atoms with Crippen LogP contribution >= 0.6 is 0 Å². The number of nitrogens with zero attached hydrogens (tertiary/aromatic N) is 1. The molecule has 0 aromatic rings. The van der Waals surface area contributed by atoms with Crippen molar-refractivity contribution in [3.8, 4) is 0 Å². The molecule has 0 radical (unpaired) electrons. The van der Waals surface area contributed by atoms with Gasteiger partial charge in [0.15, 0.2) is 0 Å². The lowest BCUT2D eigenvalue weighted by atomic mass is 10.1. The van der Waals surface area contributed by atoms with Gasteiger partial charge >= 0.3 is 0 Å². The number of hydrogen-bond acceptors (Lipinski definition) is 2. The fraction of sp³-hybridized carbons (Fsp3) is 1.00. The molecular weight excluding hydrogens is 112 g/mol. The van der Waals surface area contributed by atoms with Crippen LogP contribution in [0.25, 0.3) is 0 Å². The van der Waals surface area contributed by atoms with Gasteiger partial charge in [0.05, 0.1) is 0 Å². The summed E-state index contributed by atoms with van der Waals surface area (Å²) in [5.41, 5.74) is 0. The maximum Gasteiger partial charge on any atom is 0.0215 e. The average molecular weight is 128 g/mol. The molecule has 1 rings (SSSR count). The van der Waals surface area contributed by atoms with Crippen molar-refractivity contribution in [3.05, 3.63) is 0 Å². The summed E-state index contributed by atoms with van der Waals surface area (Å²) < 4.78 is 0. The van der Waals surface area contributed by atoms with E-state index in [-0.39, 0.29) is 0 Å². The second-order valence-corrected chi connectivity index (χ2v) is 2.96. The fourth-order valence-corrected chi connectivity index (χ4v) is 1.22. The van der Waals surface area contributed by atoms with E-state index in [1.165, 1.54) is 6.54 Å². The van der Waals surface area contributed by atoms with Crippen LogP contribution in [0.2, 0.25) is 0 Å². The van der Waals surface area contributed by atoms with Crippen molar-refractivity contribution < 1.29 is 0 Å². The highest BCUT2D eigenvalue weighted by molar-refractivity contribution is 4.80. The molecule has 1 fully saturated rings. The molecule has 9 heavy (non-hydrogen) atoms. The molecular formula is C7H16N2. The quantitative estimate of drug-likeness (QED) is 0.504. The number of nitrogens with one attached hydrogen (secondary N) is 1. The molecule has 2 atom stereocenters. The number of piperazine rings is 1. The molecule has 1 aliphatic heterocycles. The highest BCUT2D eigenvalue weighted by atomic mass is 15.2. The van der Waals surface area contributed by atoms with Gasteiger partial charge in [-0.15, -0.1) is 0 Å². The van der Waals surface area contributed by atoms with E-state index >= 15 is 0 Å². The van der Waals surface area contributed by atoms with Gasteiger partial charge < -0.3 is 10.2 Å². The normalized spacial score (nSPS) is 39.0. The van der Waals surface area contributed by atoms with E-state index in [4.69, 9.17) is 0 Å². The largest absolute Gasteiger partial charge is 0.311 e. The van der Waals surface area contributed by atoms with E-state index in [9.17, 15) is 0 Å². The zero-order valence-electron chi connectivity index (χ0n) is 6.52. The van der Waals surface area contributed by atoms with Crippen molar-refractivity contribution in [2.75, 3.05) is 20.1 Å². The first kappa shape index (κ1) is 7.03. The van der Waals surface area contributed by atoms with Gasteiger partial charge in [-0.1, -0.05) is 0 Å². The summed E-state index contributed by atoms with van der Waals surface area (Å²) in [6.07, 6.45) is 0. The molecule has 1 aliphatic rings. The monoisotopic (exact) mass is 128 g/mol. The van der Waals surface area contributed by atoms with E-state index in [1.54, 1.807) is 0 Å². The molecule has 0 bridgehead atoms. The summed E-state index contributed by atoms with van der Waals surface area (Å²) in [6, 6.07) is 1.35. The van der Waals surface area contributed by atoms with E-state index in [0.717, 1.165) is 6.54 Å². The van der Waals surface area contributed by atoms with E-state index < -0.39 is 0 Å². The van der Waals surface area contributed by atoms with Crippen molar-refractivity contribution in [1.82, 2.24) is 10.2 Å². The van der Waals surface area contributed by atoms with Crippen LogP contribution in [-0.4, -0.2) is 37.1 Å². The van der Waals surface area contributed by atoms with Gasteiger partial charge in [0.1, 0.15) is 0 Å². The summed E-state index contributed by atoms with van der Waals surface area (Å²) in [7, 11) is 2.18. The topological polar surface area (TPSA) is 15.3 Å². The van der Waals surface area contributed by atoms with Crippen LogP contribution < -0.4 is 5.32 Å². The predicted octanol–water partition coefficient (Wildman–Crippen LogP) is 0.298. The number of likely N-dealkylation sites (N-methyl/N-ethyl adjacent to an activating group) is 1. The molecule has 54 valence electrons. The van der Waals surface area contributed by atoms with Gasteiger partial charge in [-0.25, -0.2) is 0 Å². The van der Waals surface area contributed by atoms with Crippen LogP contribution in [0.1, 0.15) is 13.8 Å². The minimum atomic E-state index is 0.656. The Hall–Kier alpha value is -0.0800. The molecule has 0 amide bonds. The molecule has 2 nitrogen and oxygen atoms in total. The van der Waals surface area contributed by atoms with Gasteiger partial charge in [-0.05, 0) is 20.9 Å². The lowest BCUT2D eigenvalue weighted by Crippen LogP contribution is -2.53. The summed E-state index contributed by atoms with van der Waals surface area (Å²) in [5, 5.41) is 3.42. The lowest BCUT2D eigenvalue weighted by molar-refractivity contribution is 0.172. The van der Waals surface area contributed by atoms with Crippen molar-refractivity contribution in [3.63, 3.8) is 0 Å². The van der Waals surface area contributed by atoms with Crippen LogP contribution in [0.3, 0.4) is 0 Å². The second kappa shape index (κ2) is 2.67. The van der Waals surface area contributed by atoms with Crippen LogP contribution in [0.15, 0.2) is 0 Å². The van der Waals surface area contributed by atoms with Crippen molar-refractivity contribution >= 4 is 0 Å². The maximum absolute atomic E-state index is 3.42. The zero-order valence-corrected chi connectivity index (χ0v) is 6.52. The smallest absolute Gasteiger partial charge is 0.0215 e. The molecule has 1 heterocycles. The van der Waals surface area contributed by atoms with Crippen LogP contribution in [0, 0.1) is 0 Å². The molecule has 0 aromatic heterocycles. The predicted molar refractivity (Wildman–Crippen MR) is 39.6 cm³/mol. The van der Waals surface area contributed by atoms with Gasteiger partial charge in [0, 0.05) is 25.2 Å². The summed E-state index contributed by atoms with van der Waals surface area (Å²) in [6.45, 7) is 6.82. The fourth-order valence-electron chi connectivity index (χ4n) is 1.22. The molecule has 0 saturated carbocycles. The zero-order chi connectivity index (χ0) is 6.85. The number of rotatable bonds is 0. The van der Waals surface area contributed by atoms with Gasteiger partial charge in [-0.3, -0.25) is 0 Å². The minimum Gasteiger partial charge on any atom is -0.311 e. The summed E-state index contributed by atoms with van der Waals surface area (Å²) in [4.78, 5) is 2.39. The van der Waals surface area contributed by atoms with E-state index in [0.29, 0.717) is 12.1 Å². The Kier molecular flexibility index (Phi) is 2.09. The van der Waals surface area contributed by atoms with Crippen molar-refractivity contribution in [1.29, 1.82) is 0 Å². The molecule has 1 N–H and O–H groups in total. The highest BCUT2D eigenvalue weighted by Gasteiger charge is 2.19. The van der Waals surface area contributed by atoms with Crippen molar-refractivity contribution in [2.45, 2.75) is 25.9 Å². The third kappa shape index (κ3) is 1.43. The Morgan fingerprint density at radius 2 is 2.11 bits per heavy atom. The Morgan fingerprint density at radius 1 is 1.44 bits per heavy atom. The molecule has 2 heteroatoms. The highest BCUT2D eigenvalue weighted by Crippen LogP contribution is 2.04. The SMILES string of the molecule is CC1[C@@H](C)NCCN1C. The average Bonchev–Trinajstić information content (AvgIpc) is 1.83. The Labute approximate surface area is 57.2 Å². The minimum absolute atomic E-state index is 0.656. The molecule has 0 aromatic carbocycles. The second-order valence-electron chi connectivity index (χ2n) is 2.96. The standard InChI is InChI=1S/C7H16N2/c1-6-7(2)9(3)5-4-8-6/h6-8H,4-5H2,1-3H3/t6-,7?/m1/s1. The first-order valence-electron chi connectivity index (χ1n) is 3.65. The van der Waals surface area contributed by atoms with E-state index in [1.807, 2.05) is 0 Å². The molecule has 0 spiro atoms. The van der Waals surface area contributed by atoms with Gasteiger partial charge in [0.25, 0.3) is 0 Å². The van der Waals surface area contributed by atoms with Crippen LogP contribution in [-0.2, 0) is 0 Å². The maximum atomic E-state index is 3.42. The van der Waals surface area contributed by atoms with Crippen molar-refractivity contribution in [2.24, 2.45) is 0 Å². The third-order valence-electron chi connectivity index (χ3n) is 2.35. The molecule has 1 unspecified atom stereocenters.